The van der Waals surface area contributed by atoms with Gasteiger partial charge in [0.2, 0.25) is 0 Å². The van der Waals surface area contributed by atoms with Gasteiger partial charge in [-0.1, -0.05) is 36.5 Å². The van der Waals surface area contributed by atoms with Crippen molar-refractivity contribution in [1.82, 2.24) is 0 Å². The molecule has 0 aliphatic rings. The van der Waals surface area contributed by atoms with Gasteiger partial charge in [0.1, 0.15) is 0 Å². The Bertz CT molecular complexity index is 30.5. The summed E-state index contributed by atoms with van der Waals surface area (Å²) in [5.41, 5.74) is 0. The van der Waals surface area contributed by atoms with Gasteiger partial charge in [-0.15, -0.1) is 0 Å². The summed E-state index contributed by atoms with van der Waals surface area (Å²) in [6.07, 6.45) is 2.92. The summed E-state index contributed by atoms with van der Waals surface area (Å²) in [5, 5.41) is 0. The molecule has 11 heavy (non-hydrogen) atoms. The minimum atomic E-state index is 0. The first-order valence-electron chi connectivity index (χ1n) is 1.65. The van der Waals surface area contributed by atoms with Crippen LogP contribution in [0, 0.1) is 6.58 Å². The Morgan fingerprint density at radius 2 is 1.18 bits per heavy atom. The zero-order chi connectivity index (χ0) is 5.41. The minimum Gasteiger partial charge on any atom is -0.293 e. The van der Waals surface area contributed by atoms with Gasteiger partial charge in [0.15, 0.2) is 0 Å². The molecular formula is C9H24BY-. The Kier molecular flexibility index (Phi) is 785. The van der Waals surface area contributed by atoms with Crippen LogP contribution in [0.5, 0.6) is 0 Å². The third-order valence-electron chi connectivity index (χ3n) is 0.136. The Labute approximate surface area is 102 Å². The standard InChI is InChI=1S/C4H5.CH3B.4CH4.Y/c1-3-4-2;1-2;;;;;/h1,3-4H,2H2;1H3;4*1H4;/q-1;;;;;;. The van der Waals surface area contributed by atoms with E-state index in [2.05, 4.69) is 14.4 Å². The van der Waals surface area contributed by atoms with Crippen LogP contribution in [0.4, 0.5) is 0 Å². The van der Waals surface area contributed by atoms with E-state index in [1.165, 1.54) is 19.0 Å². The van der Waals surface area contributed by atoms with E-state index in [-0.39, 0.29) is 62.4 Å². The first-order chi connectivity index (χ1) is 2.91. The Morgan fingerprint density at radius 3 is 1.18 bits per heavy atom. The molecule has 0 heterocycles. The molecule has 0 atom stereocenters. The quantitative estimate of drug-likeness (QED) is 0.365. The average Bonchev–Trinajstić information content (AvgIpc) is 1.72. The van der Waals surface area contributed by atoms with Crippen molar-refractivity contribution in [3.05, 3.63) is 25.3 Å². The predicted octanol–water partition coefficient (Wildman–Crippen LogP) is 3.91. The first-order valence-corrected chi connectivity index (χ1v) is 1.65. The molecule has 0 aromatic heterocycles. The molecule has 0 nitrogen and oxygen atoms in total. The smallest absolute Gasteiger partial charge is 0.0606 e. The van der Waals surface area contributed by atoms with E-state index in [4.69, 9.17) is 6.58 Å². The van der Waals surface area contributed by atoms with E-state index < -0.39 is 0 Å². The maximum atomic E-state index is 4.78. The van der Waals surface area contributed by atoms with Gasteiger partial charge in [-0.25, -0.2) is 12.2 Å². The first kappa shape index (κ1) is 61.1. The molecule has 0 spiro atoms. The largest absolute Gasteiger partial charge is 0.293 e. The molecule has 0 aromatic carbocycles. The minimum absolute atomic E-state index is 0. The number of hydrogen-bond donors (Lipinski definition) is 0. The van der Waals surface area contributed by atoms with Crippen molar-refractivity contribution in [1.29, 1.82) is 0 Å². The van der Waals surface area contributed by atoms with Gasteiger partial charge < -0.3 is 0 Å². The van der Waals surface area contributed by atoms with Crippen molar-refractivity contribution in [3.63, 3.8) is 0 Å². The van der Waals surface area contributed by atoms with Gasteiger partial charge in [0, 0.05) is 32.7 Å². The summed E-state index contributed by atoms with van der Waals surface area (Å²) in [4.78, 5) is 0. The Morgan fingerprint density at radius 1 is 1.09 bits per heavy atom. The van der Waals surface area contributed by atoms with Gasteiger partial charge in [0.05, 0.1) is 7.85 Å². The SMILES string of the molecule is C.C.C.C.[B]C.[CH-]=CC=C.[Y]. The van der Waals surface area contributed by atoms with Crippen LogP contribution in [0.15, 0.2) is 18.7 Å². The Hall–Kier alpha value is 0.649. The predicted molar refractivity (Wildman–Crippen MR) is 57.6 cm³/mol. The molecular weight excluding hydrogens is 208 g/mol. The number of hydrogen-bond acceptors (Lipinski definition) is 0. The van der Waals surface area contributed by atoms with Crippen molar-refractivity contribution in [2.45, 2.75) is 36.5 Å². The van der Waals surface area contributed by atoms with Gasteiger partial charge in [-0.05, 0) is 0 Å². The average molecular weight is 232 g/mol. The number of allylic oxidation sites excluding steroid dienone is 2. The molecule has 0 aliphatic heterocycles. The van der Waals surface area contributed by atoms with Crippen molar-refractivity contribution in [2.24, 2.45) is 0 Å². The van der Waals surface area contributed by atoms with E-state index in [1.54, 1.807) is 0 Å². The molecule has 0 saturated heterocycles. The second-order valence-corrected chi connectivity index (χ2v) is 0.428. The summed E-state index contributed by atoms with van der Waals surface area (Å²) in [7, 11) is 4.50. The Balaban J connectivity index is -0.00000000432. The van der Waals surface area contributed by atoms with Gasteiger partial charge in [-0.2, -0.15) is 6.58 Å². The van der Waals surface area contributed by atoms with Crippen molar-refractivity contribution < 1.29 is 32.7 Å². The third-order valence-corrected chi connectivity index (χ3v) is 0.136. The van der Waals surface area contributed by atoms with Crippen molar-refractivity contribution in [3.8, 4) is 0 Å². The monoisotopic (exact) mass is 232 g/mol. The third kappa shape index (κ3) is 293. The maximum Gasteiger partial charge on any atom is 0.0606 e. The fraction of sp³-hybridized carbons (Fsp3) is 0.556. The van der Waals surface area contributed by atoms with Crippen LogP contribution in [0.2, 0.25) is 6.82 Å². The summed E-state index contributed by atoms with van der Waals surface area (Å²) in [6.45, 7) is 9.58. The zero-order valence-electron chi connectivity index (χ0n) is 4.59. The summed E-state index contributed by atoms with van der Waals surface area (Å²) in [6, 6.07) is 0. The molecule has 0 amide bonds. The normalized spacial score (nSPS) is 2.27. The van der Waals surface area contributed by atoms with Crippen LogP contribution < -0.4 is 0 Å². The zero-order valence-corrected chi connectivity index (χ0v) is 7.43. The topological polar surface area (TPSA) is 0 Å². The van der Waals surface area contributed by atoms with E-state index in [0.717, 1.165) is 0 Å². The van der Waals surface area contributed by atoms with Crippen LogP contribution in [0.25, 0.3) is 0 Å². The second kappa shape index (κ2) is 141. The second-order valence-electron chi connectivity index (χ2n) is 0.428. The van der Waals surface area contributed by atoms with Crippen LogP contribution in [0.1, 0.15) is 29.7 Å². The molecule has 2 heteroatoms. The van der Waals surface area contributed by atoms with Gasteiger partial charge >= 0.3 is 0 Å². The molecule has 0 N–H and O–H groups in total. The molecule has 0 aromatic rings. The van der Waals surface area contributed by atoms with E-state index in [0.29, 0.717) is 0 Å². The molecule has 0 unspecified atom stereocenters. The molecule has 0 bridgehead atoms. The van der Waals surface area contributed by atoms with Crippen molar-refractivity contribution in [2.75, 3.05) is 0 Å². The molecule has 0 fully saturated rings. The molecule has 67 valence electrons. The van der Waals surface area contributed by atoms with E-state index >= 15 is 0 Å². The maximum absolute atomic E-state index is 4.78. The van der Waals surface area contributed by atoms with Crippen molar-refractivity contribution >= 4 is 7.85 Å². The van der Waals surface area contributed by atoms with Gasteiger partial charge in [-0.3, -0.25) is 6.58 Å². The summed E-state index contributed by atoms with van der Waals surface area (Å²) >= 11 is 0. The van der Waals surface area contributed by atoms with Crippen LogP contribution in [0.3, 0.4) is 0 Å². The van der Waals surface area contributed by atoms with Gasteiger partial charge in [0.25, 0.3) is 0 Å². The number of rotatable bonds is 1. The van der Waals surface area contributed by atoms with E-state index in [9.17, 15) is 0 Å². The van der Waals surface area contributed by atoms with Crippen LogP contribution in [-0.2, 0) is 32.7 Å². The summed E-state index contributed by atoms with van der Waals surface area (Å²) < 4.78 is 0. The van der Waals surface area contributed by atoms with Crippen LogP contribution in [-0.4, -0.2) is 7.85 Å². The molecule has 0 saturated carbocycles. The molecule has 3 radical (unpaired) electrons. The fourth-order valence-electron chi connectivity index (χ4n) is 0. The molecule has 0 rings (SSSR count). The molecule has 0 aliphatic carbocycles. The summed E-state index contributed by atoms with van der Waals surface area (Å²) in [5.74, 6) is 0. The fourth-order valence-corrected chi connectivity index (χ4v) is 0. The van der Waals surface area contributed by atoms with E-state index in [1.807, 2.05) is 0 Å². The van der Waals surface area contributed by atoms with Crippen LogP contribution >= 0.6 is 0 Å².